The summed E-state index contributed by atoms with van der Waals surface area (Å²) in [6, 6.07) is 16.4. The van der Waals surface area contributed by atoms with Gasteiger partial charge in [0.2, 0.25) is 5.91 Å². The first-order chi connectivity index (χ1) is 13.2. The van der Waals surface area contributed by atoms with Crippen LogP contribution in [0.3, 0.4) is 0 Å². The Morgan fingerprint density at radius 3 is 2.52 bits per heavy atom. The number of benzene rings is 2. The molecule has 27 heavy (non-hydrogen) atoms. The van der Waals surface area contributed by atoms with Gasteiger partial charge in [-0.3, -0.25) is 9.69 Å². The summed E-state index contributed by atoms with van der Waals surface area (Å²) in [6.45, 7) is 6.72. The highest BCUT2D eigenvalue weighted by atomic mass is 35.5. The van der Waals surface area contributed by atoms with Crippen molar-refractivity contribution in [1.29, 1.82) is 0 Å². The summed E-state index contributed by atoms with van der Waals surface area (Å²) < 4.78 is 0. The fourth-order valence-electron chi connectivity index (χ4n) is 4.05. The lowest BCUT2D eigenvalue weighted by atomic mass is 10.2. The fourth-order valence-corrected chi connectivity index (χ4v) is 4.26. The maximum atomic E-state index is 12.7. The van der Waals surface area contributed by atoms with Gasteiger partial charge in [-0.2, -0.15) is 0 Å². The average Bonchev–Trinajstić information content (AvgIpc) is 3.11. The second-order valence-corrected chi connectivity index (χ2v) is 7.86. The summed E-state index contributed by atoms with van der Waals surface area (Å²) in [6.07, 6.45) is 1.58. The largest absolute Gasteiger partial charge is 0.312 e. The predicted octanol–water partition coefficient (Wildman–Crippen LogP) is 3.44. The lowest BCUT2D eigenvalue weighted by Gasteiger charge is -2.34. The Bertz CT molecular complexity index is 802. The zero-order valence-electron chi connectivity index (χ0n) is 15.6. The molecule has 1 fully saturated rings. The quantitative estimate of drug-likeness (QED) is 0.791. The van der Waals surface area contributed by atoms with Crippen molar-refractivity contribution in [3.63, 3.8) is 0 Å². The van der Waals surface area contributed by atoms with Crippen molar-refractivity contribution in [2.75, 3.05) is 44.2 Å². The molecule has 0 unspecified atom stereocenters. The minimum Gasteiger partial charge on any atom is -0.312 e. The van der Waals surface area contributed by atoms with E-state index < -0.39 is 0 Å². The lowest BCUT2D eigenvalue weighted by Crippen LogP contribution is -2.46. The van der Waals surface area contributed by atoms with Gasteiger partial charge in [-0.15, -0.1) is 0 Å². The zero-order valence-corrected chi connectivity index (χ0v) is 16.4. The molecule has 0 bridgehead atoms. The molecule has 2 heterocycles. The molecule has 0 saturated carbocycles. The molecular weight excluding hydrogens is 358 g/mol. The monoisotopic (exact) mass is 383 g/mol. The normalized spacial score (nSPS) is 17.9. The number of carbonyl (C=O) groups is 1. The van der Waals surface area contributed by atoms with E-state index in [1.165, 1.54) is 11.1 Å². The molecular formula is C22H26ClN3O. The molecule has 2 aliphatic rings. The minimum atomic E-state index is 0.251. The Hall–Kier alpha value is -1.88. The van der Waals surface area contributed by atoms with Crippen LogP contribution in [-0.2, 0) is 17.8 Å². The number of fused-ring (bicyclic) bond motifs is 1. The van der Waals surface area contributed by atoms with E-state index in [9.17, 15) is 4.79 Å². The number of amides is 1. The second-order valence-electron chi connectivity index (χ2n) is 7.42. The highest BCUT2D eigenvalue weighted by Crippen LogP contribution is 2.27. The van der Waals surface area contributed by atoms with E-state index in [-0.39, 0.29) is 5.91 Å². The number of nitrogens with zero attached hydrogens (tertiary/aromatic N) is 3. The molecule has 2 aromatic carbocycles. The SMILES string of the molecule is O=C(CCN1CCN(Cc2cccc(Cl)c2)CC1)N1CCc2ccccc21. The first-order valence-corrected chi connectivity index (χ1v) is 10.1. The van der Waals surface area contributed by atoms with Crippen LogP contribution >= 0.6 is 11.6 Å². The summed E-state index contributed by atoms with van der Waals surface area (Å²) in [5, 5.41) is 0.799. The molecule has 0 spiro atoms. The summed E-state index contributed by atoms with van der Waals surface area (Å²) in [5.74, 6) is 0.251. The van der Waals surface area contributed by atoms with Gasteiger partial charge < -0.3 is 9.80 Å². The standard InChI is InChI=1S/C22H26ClN3O/c23-20-6-3-4-18(16-20)17-25-14-12-24(13-15-25)10-9-22(27)26-11-8-19-5-1-2-7-21(19)26/h1-7,16H,8-15,17H2. The van der Waals surface area contributed by atoms with Crippen LogP contribution in [-0.4, -0.2) is 55.0 Å². The molecule has 2 aliphatic heterocycles. The first-order valence-electron chi connectivity index (χ1n) is 9.76. The third-order valence-electron chi connectivity index (χ3n) is 5.59. The van der Waals surface area contributed by atoms with Gasteiger partial charge in [0.1, 0.15) is 0 Å². The van der Waals surface area contributed by atoms with Gasteiger partial charge >= 0.3 is 0 Å². The van der Waals surface area contributed by atoms with Crippen LogP contribution in [0.1, 0.15) is 17.5 Å². The smallest absolute Gasteiger partial charge is 0.228 e. The van der Waals surface area contributed by atoms with Crippen molar-refractivity contribution >= 4 is 23.2 Å². The predicted molar refractivity (Wildman–Crippen MR) is 110 cm³/mol. The van der Waals surface area contributed by atoms with Gasteiger partial charge in [-0.05, 0) is 35.7 Å². The maximum absolute atomic E-state index is 12.7. The topological polar surface area (TPSA) is 26.8 Å². The van der Waals surface area contributed by atoms with Gasteiger partial charge in [0.25, 0.3) is 0 Å². The van der Waals surface area contributed by atoms with Crippen molar-refractivity contribution in [2.24, 2.45) is 0 Å². The van der Waals surface area contributed by atoms with E-state index in [0.717, 1.165) is 62.9 Å². The third-order valence-corrected chi connectivity index (χ3v) is 5.83. The van der Waals surface area contributed by atoms with Crippen molar-refractivity contribution in [3.8, 4) is 0 Å². The molecule has 0 radical (unpaired) electrons. The number of halogens is 1. The number of piperazine rings is 1. The van der Waals surface area contributed by atoms with Crippen molar-refractivity contribution < 1.29 is 4.79 Å². The molecule has 4 rings (SSSR count). The molecule has 5 heteroatoms. The molecule has 0 aromatic heterocycles. The highest BCUT2D eigenvalue weighted by molar-refractivity contribution is 6.30. The van der Waals surface area contributed by atoms with Crippen molar-refractivity contribution in [3.05, 3.63) is 64.7 Å². The van der Waals surface area contributed by atoms with Crippen LogP contribution in [0, 0.1) is 0 Å². The van der Waals surface area contributed by atoms with Crippen LogP contribution in [0.2, 0.25) is 5.02 Å². The van der Waals surface area contributed by atoms with E-state index in [4.69, 9.17) is 11.6 Å². The van der Waals surface area contributed by atoms with E-state index >= 15 is 0 Å². The van der Waals surface area contributed by atoms with E-state index in [1.54, 1.807) is 0 Å². The van der Waals surface area contributed by atoms with Gasteiger partial charge in [0, 0.05) is 62.9 Å². The Balaban J connectivity index is 1.22. The molecule has 0 atom stereocenters. The Labute approximate surface area is 166 Å². The van der Waals surface area contributed by atoms with Crippen molar-refractivity contribution in [2.45, 2.75) is 19.4 Å². The van der Waals surface area contributed by atoms with Crippen LogP contribution in [0.4, 0.5) is 5.69 Å². The number of hydrogen-bond acceptors (Lipinski definition) is 3. The number of para-hydroxylation sites is 1. The molecule has 4 nitrogen and oxygen atoms in total. The van der Waals surface area contributed by atoms with Crippen LogP contribution < -0.4 is 4.90 Å². The zero-order chi connectivity index (χ0) is 18.6. The lowest BCUT2D eigenvalue weighted by molar-refractivity contribution is -0.118. The second kappa shape index (κ2) is 8.42. The highest BCUT2D eigenvalue weighted by Gasteiger charge is 2.25. The van der Waals surface area contributed by atoms with E-state index in [2.05, 4.69) is 34.1 Å². The number of carbonyl (C=O) groups excluding carboxylic acids is 1. The Morgan fingerprint density at radius 2 is 1.70 bits per heavy atom. The molecule has 2 aromatic rings. The molecule has 142 valence electrons. The minimum absolute atomic E-state index is 0.251. The first kappa shape index (κ1) is 18.5. The number of rotatable bonds is 5. The van der Waals surface area contributed by atoms with Gasteiger partial charge in [0.05, 0.1) is 0 Å². The molecule has 0 N–H and O–H groups in total. The summed E-state index contributed by atoms with van der Waals surface area (Å²) in [4.78, 5) is 19.5. The van der Waals surface area contributed by atoms with Gasteiger partial charge in [0.15, 0.2) is 0 Å². The third kappa shape index (κ3) is 4.52. The van der Waals surface area contributed by atoms with E-state index in [1.807, 2.05) is 29.2 Å². The van der Waals surface area contributed by atoms with E-state index in [0.29, 0.717) is 6.42 Å². The number of hydrogen-bond donors (Lipinski definition) is 0. The van der Waals surface area contributed by atoms with Crippen LogP contribution in [0.25, 0.3) is 0 Å². The van der Waals surface area contributed by atoms with Crippen molar-refractivity contribution in [1.82, 2.24) is 9.80 Å². The molecule has 1 amide bonds. The molecule has 0 aliphatic carbocycles. The maximum Gasteiger partial charge on any atom is 0.228 e. The van der Waals surface area contributed by atoms with Gasteiger partial charge in [-0.25, -0.2) is 0 Å². The summed E-state index contributed by atoms with van der Waals surface area (Å²) in [7, 11) is 0. The summed E-state index contributed by atoms with van der Waals surface area (Å²) in [5.41, 5.74) is 3.66. The fraction of sp³-hybridized carbons (Fsp3) is 0.409. The van der Waals surface area contributed by atoms with Crippen LogP contribution in [0.5, 0.6) is 0 Å². The number of anilines is 1. The Kier molecular flexibility index (Phi) is 5.77. The average molecular weight is 384 g/mol. The molecule has 1 saturated heterocycles. The van der Waals surface area contributed by atoms with Gasteiger partial charge in [-0.1, -0.05) is 41.9 Å². The summed E-state index contributed by atoms with van der Waals surface area (Å²) >= 11 is 6.08. The Morgan fingerprint density at radius 1 is 0.926 bits per heavy atom. The van der Waals surface area contributed by atoms with Crippen LogP contribution in [0.15, 0.2) is 48.5 Å².